The molecule has 3 heteroatoms. The van der Waals surface area contributed by atoms with E-state index in [0.29, 0.717) is 12.4 Å². The van der Waals surface area contributed by atoms with Gasteiger partial charge in [-0.1, -0.05) is 60.7 Å². The summed E-state index contributed by atoms with van der Waals surface area (Å²) < 4.78 is 11.5. The van der Waals surface area contributed by atoms with E-state index < -0.39 is 0 Å². The van der Waals surface area contributed by atoms with Gasteiger partial charge in [-0.2, -0.15) is 0 Å². The molecule has 0 unspecified atom stereocenters. The van der Waals surface area contributed by atoms with Gasteiger partial charge in [-0.25, -0.2) is 0 Å². The van der Waals surface area contributed by atoms with Crippen LogP contribution in [-0.2, 0) is 0 Å². The van der Waals surface area contributed by atoms with E-state index in [1.54, 1.807) is 0 Å². The number of benzene rings is 4. The molecule has 0 aromatic heterocycles. The number of aliphatic hydroxyl groups is 1. The largest absolute Gasteiger partial charge is 0.493 e. The van der Waals surface area contributed by atoms with Crippen molar-refractivity contribution in [2.24, 2.45) is 0 Å². The molecule has 0 amide bonds. The van der Waals surface area contributed by atoms with Crippen molar-refractivity contribution in [3.8, 4) is 22.6 Å². The van der Waals surface area contributed by atoms with Crippen LogP contribution >= 0.6 is 0 Å². The first-order valence-corrected chi connectivity index (χ1v) is 8.74. The van der Waals surface area contributed by atoms with Gasteiger partial charge in [0.25, 0.3) is 0 Å². The summed E-state index contributed by atoms with van der Waals surface area (Å²) in [6.45, 7) is 2.18. The second-order valence-electron chi connectivity index (χ2n) is 6.03. The highest BCUT2D eigenvalue weighted by Crippen LogP contribution is 2.45. The van der Waals surface area contributed by atoms with Crippen molar-refractivity contribution in [3.63, 3.8) is 0 Å². The van der Waals surface area contributed by atoms with Gasteiger partial charge in [-0.15, -0.1) is 0 Å². The summed E-state index contributed by atoms with van der Waals surface area (Å²) in [5, 5.41) is 13.8. The van der Waals surface area contributed by atoms with Crippen LogP contribution in [-0.4, -0.2) is 18.5 Å². The van der Waals surface area contributed by atoms with Crippen LogP contribution in [0.5, 0.6) is 11.5 Å². The Labute approximate surface area is 152 Å². The molecule has 0 aliphatic heterocycles. The van der Waals surface area contributed by atoms with Crippen LogP contribution in [0.3, 0.4) is 0 Å². The van der Waals surface area contributed by atoms with Crippen molar-refractivity contribution in [2.75, 3.05) is 13.4 Å². The molecule has 4 rings (SSSR count). The van der Waals surface area contributed by atoms with Crippen LogP contribution in [0.25, 0.3) is 32.7 Å². The molecule has 4 aromatic carbocycles. The number of hydrogen-bond acceptors (Lipinski definition) is 3. The smallest absolute Gasteiger partial charge is 0.186 e. The van der Waals surface area contributed by atoms with E-state index in [-0.39, 0.29) is 6.79 Å². The lowest BCUT2D eigenvalue weighted by Gasteiger charge is -2.18. The molecule has 3 nitrogen and oxygen atoms in total. The highest BCUT2D eigenvalue weighted by molar-refractivity contribution is 6.09. The zero-order valence-corrected chi connectivity index (χ0v) is 14.6. The number of aliphatic hydroxyl groups excluding tert-OH is 1. The van der Waals surface area contributed by atoms with Gasteiger partial charge >= 0.3 is 0 Å². The van der Waals surface area contributed by atoms with Crippen LogP contribution in [0.2, 0.25) is 0 Å². The fourth-order valence-corrected chi connectivity index (χ4v) is 3.48. The molecule has 130 valence electrons. The molecule has 0 heterocycles. The van der Waals surface area contributed by atoms with Crippen molar-refractivity contribution < 1.29 is 14.6 Å². The first-order valence-electron chi connectivity index (χ1n) is 8.74. The Morgan fingerprint density at radius 2 is 1.15 bits per heavy atom. The van der Waals surface area contributed by atoms with Crippen molar-refractivity contribution in [1.82, 2.24) is 0 Å². The van der Waals surface area contributed by atoms with Gasteiger partial charge in [0, 0.05) is 11.1 Å². The second kappa shape index (κ2) is 7.06. The highest BCUT2D eigenvalue weighted by atomic mass is 16.6. The molecule has 0 atom stereocenters. The number of fused-ring (bicyclic) bond motifs is 2. The minimum atomic E-state index is -0.375. The standard InChI is InChI=1S/C23H20O3/c1-2-25-20-13-11-16-7-3-5-9-18(16)22(20)23-19-10-6-4-8-17(19)12-14-21(23)26-15-24/h3-14,24H,2,15H2,1H3. The van der Waals surface area contributed by atoms with Gasteiger partial charge in [-0.3, -0.25) is 0 Å². The number of rotatable bonds is 5. The lowest BCUT2D eigenvalue weighted by atomic mass is 9.92. The lowest BCUT2D eigenvalue weighted by molar-refractivity contribution is 0.0992. The summed E-state index contributed by atoms with van der Waals surface area (Å²) in [4.78, 5) is 0. The van der Waals surface area contributed by atoms with Gasteiger partial charge in [0.15, 0.2) is 6.79 Å². The minimum absolute atomic E-state index is 0.375. The van der Waals surface area contributed by atoms with Crippen LogP contribution in [0.15, 0.2) is 72.8 Å². The van der Waals surface area contributed by atoms with Crippen molar-refractivity contribution >= 4 is 21.5 Å². The Bertz CT molecular complexity index is 982. The van der Waals surface area contributed by atoms with E-state index in [1.165, 1.54) is 0 Å². The molecule has 4 aromatic rings. The normalized spacial score (nSPS) is 11.0. The monoisotopic (exact) mass is 344 g/mol. The molecule has 0 spiro atoms. The zero-order valence-electron chi connectivity index (χ0n) is 14.6. The van der Waals surface area contributed by atoms with E-state index in [2.05, 4.69) is 30.3 Å². The average molecular weight is 344 g/mol. The Hall–Kier alpha value is -3.04. The van der Waals surface area contributed by atoms with Crippen molar-refractivity contribution in [1.29, 1.82) is 0 Å². The number of hydrogen-bond donors (Lipinski definition) is 1. The Balaban J connectivity index is 2.15. The third-order valence-corrected chi connectivity index (χ3v) is 4.55. The van der Waals surface area contributed by atoms with Crippen LogP contribution in [0.4, 0.5) is 0 Å². The molecule has 26 heavy (non-hydrogen) atoms. The van der Waals surface area contributed by atoms with E-state index in [1.807, 2.05) is 49.4 Å². The summed E-state index contributed by atoms with van der Waals surface area (Å²) in [6, 6.07) is 24.4. The van der Waals surface area contributed by atoms with Crippen LogP contribution in [0.1, 0.15) is 6.92 Å². The predicted molar refractivity (Wildman–Crippen MR) is 106 cm³/mol. The maximum atomic E-state index is 9.40. The van der Waals surface area contributed by atoms with Crippen molar-refractivity contribution in [3.05, 3.63) is 72.8 Å². The third-order valence-electron chi connectivity index (χ3n) is 4.55. The predicted octanol–water partition coefficient (Wildman–Crippen LogP) is 5.39. The summed E-state index contributed by atoms with van der Waals surface area (Å²) >= 11 is 0. The van der Waals surface area contributed by atoms with Gasteiger partial charge < -0.3 is 14.6 Å². The summed E-state index contributed by atoms with van der Waals surface area (Å²) in [7, 11) is 0. The number of ether oxygens (including phenoxy) is 2. The van der Waals surface area contributed by atoms with Crippen LogP contribution < -0.4 is 9.47 Å². The van der Waals surface area contributed by atoms with Gasteiger partial charge in [0.2, 0.25) is 0 Å². The molecule has 0 bridgehead atoms. The maximum absolute atomic E-state index is 9.40. The van der Waals surface area contributed by atoms with Gasteiger partial charge in [0.05, 0.1) is 6.61 Å². The molecule has 0 aliphatic carbocycles. The van der Waals surface area contributed by atoms with Gasteiger partial charge in [-0.05, 0) is 40.6 Å². The second-order valence-corrected chi connectivity index (χ2v) is 6.03. The molecule has 0 fully saturated rings. The first kappa shape index (κ1) is 16.4. The highest BCUT2D eigenvalue weighted by Gasteiger charge is 2.18. The first-order chi connectivity index (χ1) is 12.8. The Morgan fingerprint density at radius 1 is 0.654 bits per heavy atom. The third kappa shape index (κ3) is 2.76. The topological polar surface area (TPSA) is 38.7 Å². The van der Waals surface area contributed by atoms with E-state index in [4.69, 9.17) is 9.47 Å². The summed E-state index contributed by atoms with van der Waals surface area (Å²) in [5.41, 5.74) is 1.93. The quantitative estimate of drug-likeness (QED) is 0.494. The van der Waals surface area contributed by atoms with Gasteiger partial charge in [0.1, 0.15) is 11.5 Å². The SMILES string of the molecule is CCOc1ccc2ccccc2c1-c1c(OCO)ccc2ccccc12. The molecule has 0 saturated carbocycles. The van der Waals surface area contributed by atoms with E-state index in [9.17, 15) is 5.11 Å². The Morgan fingerprint density at radius 3 is 1.65 bits per heavy atom. The summed E-state index contributed by atoms with van der Waals surface area (Å²) in [5.74, 6) is 1.45. The Kier molecular flexibility index (Phi) is 4.46. The molecular weight excluding hydrogens is 324 g/mol. The summed E-state index contributed by atoms with van der Waals surface area (Å²) in [6.07, 6.45) is 0. The molecule has 0 radical (unpaired) electrons. The van der Waals surface area contributed by atoms with E-state index >= 15 is 0 Å². The minimum Gasteiger partial charge on any atom is -0.493 e. The maximum Gasteiger partial charge on any atom is 0.186 e. The van der Waals surface area contributed by atoms with Crippen LogP contribution in [0, 0.1) is 0 Å². The lowest BCUT2D eigenvalue weighted by Crippen LogP contribution is -2.00. The fourth-order valence-electron chi connectivity index (χ4n) is 3.48. The molecule has 0 saturated heterocycles. The van der Waals surface area contributed by atoms with E-state index in [0.717, 1.165) is 38.4 Å². The molecule has 1 N–H and O–H groups in total. The molecule has 0 aliphatic rings. The van der Waals surface area contributed by atoms with Crippen molar-refractivity contribution in [2.45, 2.75) is 6.92 Å². The zero-order chi connectivity index (χ0) is 17.9. The average Bonchev–Trinajstić information content (AvgIpc) is 2.69. The molecular formula is C23H20O3. The fraction of sp³-hybridized carbons (Fsp3) is 0.130.